The summed E-state index contributed by atoms with van der Waals surface area (Å²) < 4.78 is 28.0. The molecule has 0 heterocycles. The number of hydrogen-bond donors (Lipinski definition) is 1. The van der Waals surface area contributed by atoms with Gasteiger partial charge in [-0.1, -0.05) is 25.8 Å². The van der Waals surface area contributed by atoms with Gasteiger partial charge in [0.25, 0.3) is 0 Å². The Labute approximate surface area is 101 Å². The number of nitrogens with two attached hydrogens (primary N) is 1. The SMILES string of the molecule is Cc1ccc(F)c(C2(N)CCCC(C)C2)c1F. The van der Waals surface area contributed by atoms with Crippen molar-refractivity contribution < 1.29 is 8.78 Å². The van der Waals surface area contributed by atoms with Gasteiger partial charge < -0.3 is 5.73 Å². The molecule has 1 saturated carbocycles. The topological polar surface area (TPSA) is 26.0 Å². The zero-order valence-electron chi connectivity index (χ0n) is 10.4. The third-order valence-electron chi connectivity index (χ3n) is 3.81. The Morgan fingerprint density at radius 1 is 1.35 bits per heavy atom. The van der Waals surface area contributed by atoms with E-state index in [0.717, 1.165) is 12.8 Å². The normalized spacial score (nSPS) is 29.4. The number of benzene rings is 1. The van der Waals surface area contributed by atoms with Gasteiger partial charge in [0.05, 0.1) is 0 Å². The highest BCUT2D eigenvalue weighted by atomic mass is 19.1. The van der Waals surface area contributed by atoms with Crippen LogP contribution in [0.2, 0.25) is 0 Å². The number of rotatable bonds is 1. The van der Waals surface area contributed by atoms with Crippen LogP contribution in [0.1, 0.15) is 43.7 Å². The smallest absolute Gasteiger partial charge is 0.134 e. The van der Waals surface area contributed by atoms with Gasteiger partial charge in [-0.15, -0.1) is 0 Å². The molecule has 1 aromatic carbocycles. The number of hydrogen-bond acceptors (Lipinski definition) is 1. The lowest BCUT2D eigenvalue weighted by atomic mass is 9.72. The van der Waals surface area contributed by atoms with Crippen molar-refractivity contribution >= 4 is 0 Å². The van der Waals surface area contributed by atoms with Gasteiger partial charge in [0, 0.05) is 11.1 Å². The molecule has 2 unspecified atom stereocenters. The number of halogens is 2. The highest BCUT2D eigenvalue weighted by Crippen LogP contribution is 2.40. The van der Waals surface area contributed by atoms with Gasteiger partial charge >= 0.3 is 0 Å². The van der Waals surface area contributed by atoms with E-state index in [9.17, 15) is 8.78 Å². The molecule has 2 atom stereocenters. The van der Waals surface area contributed by atoms with E-state index in [2.05, 4.69) is 6.92 Å². The molecule has 0 radical (unpaired) electrons. The van der Waals surface area contributed by atoms with Crippen LogP contribution < -0.4 is 5.73 Å². The summed E-state index contributed by atoms with van der Waals surface area (Å²) in [6, 6.07) is 2.78. The summed E-state index contributed by atoms with van der Waals surface area (Å²) in [6.45, 7) is 3.74. The van der Waals surface area contributed by atoms with Crippen LogP contribution in [0.5, 0.6) is 0 Å². The van der Waals surface area contributed by atoms with Crippen LogP contribution in [0.4, 0.5) is 8.78 Å². The molecule has 0 saturated heterocycles. The first kappa shape index (κ1) is 12.5. The Hall–Kier alpha value is -0.960. The van der Waals surface area contributed by atoms with Gasteiger partial charge in [0.15, 0.2) is 0 Å². The van der Waals surface area contributed by atoms with Crippen LogP contribution in [0.3, 0.4) is 0 Å². The maximum absolute atomic E-state index is 14.1. The molecule has 0 aliphatic heterocycles. The lowest BCUT2D eigenvalue weighted by molar-refractivity contribution is 0.226. The van der Waals surface area contributed by atoms with Crippen molar-refractivity contribution in [3.05, 3.63) is 34.9 Å². The van der Waals surface area contributed by atoms with Crippen molar-refractivity contribution in [3.8, 4) is 0 Å². The maximum Gasteiger partial charge on any atom is 0.134 e. The van der Waals surface area contributed by atoms with Crippen molar-refractivity contribution in [1.29, 1.82) is 0 Å². The third-order valence-corrected chi connectivity index (χ3v) is 3.81. The Morgan fingerprint density at radius 3 is 2.71 bits per heavy atom. The second kappa shape index (κ2) is 4.37. The van der Waals surface area contributed by atoms with E-state index in [1.165, 1.54) is 12.1 Å². The molecule has 1 aliphatic carbocycles. The molecule has 2 N–H and O–H groups in total. The van der Waals surface area contributed by atoms with Crippen LogP contribution in [0, 0.1) is 24.5 Å². The minimum Gasteiger partial charge on any atom is -0.321 e. The minimum atomic E-state index is -0.835. The van der Waals surface area contributed by atoms with Gasteiger partial charge in [-0.25, -0.2) is 8.78 Å². The molecule has 1 fully saturated rings. The molecule has 2 rings (SSSR count). The Kier molecular flexibility index (Phi) is 3.21. The standard InChI is InChI=1S/C14H19F2N/c1-9-4-3-7-14(17,8-9)12-11(15)6-5-10(2)13(12)16/h5-6,9H,3-4,7-8,17H2,1-2H3. The zero-order chi connectivity index (χ0) is 12.6. The largest absolute Gasteiger partial charge is 0.321 e. The second-order valence-electron chi connectivity index (χ2n) is 5.41. The monoisotopic (exact) mass is 239 g/mol. The van der Waals surface area contributed by atoms with Crippen molar-refractivity contribution in [1.82, 2.24) is 0 Å². The van der Waals surface area contributed by atoms with E-state index in [1.54, 1.807) is 6.92 Å². The average molecular weight is 239 g/mol. The average Bonchev–Trinajstić information content (AvgIpc) is 2.23. The summed E-state index contributed by atoms with van der Waals surface area (Å²) in [5.41, 5.74) is 5.98. The first-order valence-corrected chi connectivity index (χ1v) is 6.18. The summed E-state index contributed by atoms with van der Waals surface area (Å²) in [4.78, 5) is 0. The van der Waals surface area contributed by atoms with Crippen LogP contribution in [-0.2, 0) is 5.54 Å². The van der Waals surface area contributed by atoms with E-state index < -0.39 is 17.2 Å². The van der Waals surface area contributed by atoms with Crippen LogP contribution in [-0.4, -0.2) is 0 Å². The summed E-state index contributed by atoms with van der Waals surface area (Å²) in [6.07, 6.45) is 3.34. The zero-order valence-corrected chi connectivity index (χ0v) is 10.4. The molecule has 3 heteroatoms. The number of aryl methyl sites for hydroxylation is 1. The summed E-state index contributed by atoms with van der Waals surface area (Å²) in [7, 11) is 0. The minimum absolute atomic E-state index is 0.0871. The van der Waals surface area contributed by atoms with Gasteiger partial charge in [-0.3, -0.25) is 0 Å². The molecule has 0 amide bonds. The first-order chi connectivity index (χ1) is 7.94. The molecule has 1 aliphatic rings. The van der Waals surface area contributed by atoms with Gasteiger partial charge in [0.2, 0.25) is 0 Å². The van der Waals surface area contributed by atoms with E-state index in [-0.39, 0.29) is 5.56 Å². The Balaban J connectivity index is 2.48. The second-order valence-corrected chi connectivity index (χ2v) is 5.41. The van der Waals surface area contributed by atoms with Crippen LogP contribution >= 0.6 is 0 Å². The molecule has 94 valence electrons. The molecular weight excluding hydrogens is 220 g/mol. The fraction of sp³-hybridized carbons (Fsp3) is 0.571. The van der Waals surface area contributed by atoms with Crippen LogP contribution in [0.25, 0.3) is 0 Å². The molecule has 0 bridgehead atoms. The fourth-order valence-electron chi connectivity index (χ4n) is 2.93. The van der Waals surface area contributed by atoms with Crippen LogP contribution in [0.15, 0.2) is 12.1 Å². The van der Waals surface area contributed by atoms with Crippen molar-refractivity contribution in [2.24, 2.45) is 11.7 Å². The van der Waals surface area contributed by atoms with E-state index in [0.29, 0.717) is 24.3 Å². The van der Waals surface area contributed by atoms with Gasteiger partial charge in [0.1, 0.15) is 11.6 Å². The predicted molar refractivity (Wildman–Crippen MR) is 64.6 cm³/mol. The predicted octanol–water partition coefficient (Wildman–Crippen LogP) is 3.64. The van der Waals surface area contributed by atoms with Crippen molar-refractivity contribution in [3.63, 3.8) is 0 Å². The molecule has 17 heavy (non-hydrogen) atoms. The summed E-state index contributed by atoms with van der Waals surface area (Å²) in [5, 5.41) is 0. The fourth-order valence-corrected chi connectivity index (χ4v) is 2.93. The maximum atomic E-state index is 14.1. The highest BCUT2D eigenvalue weighted by Gasteiger charge is 2.37. The molecule has 1 aromatic rings. The highest BCUT2D eigenvalue weighted by molar-refractivity contribution is 5.33. The van der Waals surface area contributed by atoms with E-state index in [4.69, 9.17) is 5.73 Å². The lowest BCUT2D eigenvalue weighted by Gasteiger charge is -2.37. The first-order valence-electron chi connectivity index (χ1n) is 6.18. The lowest BCUT2D eigenvalue weighted by Crippen LogP contribution is -2.42. The molecule has 0 aromatic heterocycles. The summed E-state index contributed by atoms with van der Waals surface area (Å²) >= 11 is 0. The summed E-state index contributed by atoms with van der Waals surface area (Å²) in [5.74, 6) is -0.556. The van der Waals surface area contributed by atoms with Gasteiger partial charge in [-0.2, -0.15) is 0 Å². The van der Waals surface area contributed by atoms with Crippen molar-refractivity contribution in [2.45, 2.75) is 45.1 Å². The molecule has 0 spiro atoms. The molecular formula is C14H19F2N. The Bertz CT molecular complexity index is 430. The molecule has 1 nitrogen and oxygen atoms in total. The van der Waals surface area contributed by atoms with Crippen molar-refractivity contribution in [2.75, 3.05) is 0 Å². The Morgan fingerprint density at radius 2 is 2.06 bits per heavy atom. The third kappa shape index (κ3) is 2.21. The van der Waals surface area contributed by atoms with E-state index in [1.807, 2.05) is 0 Å². The van der Waals surface area contributed by atoms with E-state index >= 15 is 0 Å². The quantitative estimate of drug-likeness (QED) is 0.795. The van der Waals surface area contributed by atoms with Gasteiger partial charge in [-0.05, 0) is 37.3 Å².